The van der Waals surface area contributed by atoms with E-state index in [1.165, 1.54) is 11.3 Å². The summed E-state index contributed by atoms with van der Waals surface area (Å²) >= 11 is 0. The van der Waals surface area contributed by atoms with Crippen molar-refractivity contribution >= 4 is 16.7 Å². The fourth-order valence-corrected chi connectivity index (χ4v) is 3.97. The first-order valence-corrected chi connectivity index (χ1v) is 8.79. The maximum atomic E-state index is 13.0. The van der Waals surface area contributed by atoms with Gasteiger partial charge in [-0.25, -0.2) is 0 Å². The lowest BCUT2D eigenvalue weighted by Crippen LogP contribution is -3.17. The number of methoxy groups -OCH3 is 1. The highest BCUT2D eigenvalue weighted by molar-refractivity contribution is 6.10. The third-order valence-electron chi connectivity index (χ3n) is 5.22. The number of carbonyl (C=O) groups excluding carboxylic acids is 1. The Morgan fingerprint density at radius 3 is 3.00 bits per heavy atom. The van der Waals surface area contributed by atoms with Crippen molar-refractivity contribution < 1.29 is 19.5 Å². The Labute approximate surface area is 142 Å². The van der Waals surface area contributed by atoms with Gasteiger partial charge in [-0.15, -0.1) is 0 Å². The van der Waals surface area contributed by atoms with Crippen LogP contribution in [-0.2, 0) is 0 Å². The van der Waals surface area contributed by atoms with E-state index in [4.69, 9.17) is 4.74 Å². The predicted molar refractivity (Wildman–Crippen MR) is 94.0 cm³/mol. The molecular formula is C19H27N2O3+. The summed E-state index contributed by atoms with van der Waals surface area (Å²) in [5, 5.41) is 10.2. The number of quaternary nitrogens is 1. The van der Waals surface area contributed by atoms with E-state index in [1.807, 2.05) is 25.1 Å². The molecule has 1 fully saturated rings. The molecule has 3 rings (SSSR count). The van der Waals surface area contributed by atoms with E-state index in [0.29, 0.717) is 12.6 Å². The van der Waals surface area contributed by atoms with Crippen LogP contribution in [0.3, 0.4) is 0 Å². The second-order valence-electron chi connectivity index (χ2n) is 6.75. The first-order valence-electron chi connectivity index (χ1n) is 8.79. The number of aromatic nitrogens is 1. The van der Waals surface area contributed by atoms with Gasteiger partial charge in [-0.05, 0) is 44.4 Å². The van der Waals surface area contributed by atoms with Gasteiger partial charge in [0.15, 0.2) is 0 Å². The lowest BCUT2D eigenvalue weighted by molar-refractivity contribution is -0.923. The molecule has 0 saturated carbocycles. The minimum atomic E-state index is 0.173. The zero-order chi connectivity index (χ0) is 17.1. The lowest BCUT2D eigenvalue weighted by atomic mass is 9.98. The van der Waals surface area contributed by atoms with Crippen molar-refractivity contribution in [1.29, 1.82) is 0 Å². The van der Waals surface area contributed by atoms with Crippen LogP contribution < -0.4 is 9.64 Å². The topological polar surface area (TPSA) is 66.8 Å². The molecule has 0 radical (unpaired) electrons. The van der Waals surface area contributed by atoms with Crippen LogP contribution >= 0.6 is 0 Å². The largest absolute Gasteiger partial charge is 0.497 e. The van der Waals surface area contributed by atoms with Gasteiger partial charge in [0, 0.05) is 29.6 Å². The van der Waals surface area contributed by atoms with Gasteiger partial charge in [0.25, 0.3) is 0 Å². The molecule has 5 nitrogen and oxygen atoms in total. The number of H-pyrrole nitrogens is 1. The van der Waals surface area contributed by atoms with Gasteiger partial charge < -0.3 is 19.7 Å². The number of aliphatic hydroxyl groups excluding tert-OH is 1. The molecule has 2 atom stereocenters. The van der Waals surface area contributed by atoms with Crippen LogP contribution in [0.25, 0.3) is 10.9 Å². The summed E-state index contributed by atoms with van der Waals surface area (Å²) < 4.78 is 5.31. The number of benzene rings is 1. The Morgan fingerprint density at radius 1 is 1.42 bits per heavy atom. The van der Waals surface area contributed by atoms with Crippen LogP contribution in [0.1, 0.15) is 41.7 Å². The summed E-state index contributed by atoms with van der Waals surface area (Å²) in [6, 6.07) is 6.19. The lowest BCUT2D eigenvalue weighted by Gasteiger charge is -2.31. The number of hydrogen-bond acceptors (Lipinski definition) is 3. The van der Waals surface area contributed by atoms with Crippen LogP contribution in [0.4, 0.5) is 0 Å². The number of fused-ring (bicyclic) bond motifs is 1. The number of nitrogens with one attached hydrogen (secondary N) is 2. The fraction of sp³-hybridized carbons (Fsp3) is 0.526. The molecule has 1 aliphatic heterocycles. The third-order valence-corrected chi connectivity index (χ3v) is 5.22. The van der Waals surface area contributed by atoms with Crippen LogP contribution in [0.15, 0.2) is 18.2 Å². The number of carbonyl (C=O) groups is 1. The molecule has 0 spiro atoms. The molecule has 1 unspecified atom stereocenters. The Bertz CT molecular complexity index is 721. The van der Waals surface area contributed by atoms with E-state index < -0.39 is 0 Å². The van der Waals surface area contributed by atoms with Crippen molar-refractivity contribution in [3.8, 4) is 5.75 Å². The number of likely N-dealkylation sites (tertiary alicyclic amines) is 1. The number of aliphatic hydroxyl groups is 1. The standard InChI is InChI=1S/C19H26N2O3/c1-13-19(16-11-15(24-2)6-7-17(16)20-13)18(23)12-21-9-4-3-5-14(21)8-10-22/h6-7,11,14,20,22H,3-5,8-10,12H2,1-2H3/p+1/t14-/m0/s1. The summed E-state index contributed by atoms with van der Waals surface area (Å²) in [4.78, 5) is 17.6. The number of hydrogen-bond donors (Lipinski definition) is 3. The molecule has 2 aromatic rings. The number of aryl methyl sites for hydroxylation is 1. The van der Waals surface area contributed by atoms with Gasteiger partial charge in [0.1, 0.15) is 12.3 Å². The van der Waals surface area contributed by atoms with Gasteiger partial charge in [0.05, 0.1) is 25.3 Å². The number of ether oxygens (including phenoxy) is 1. The summed E-state index contributed by atoms with van der Waals surface area (Å²) in [7, 11) is 1.64. The van der Waals surface area contributed by atoms with Gasteiger partial charge in [-0.3, -0.25) is 4.79 Å². The van der Waals surface area contributed by atoms with Gasteiger partial charge in [0.2, 0.25) is 5.78 Å². The van der Waals surface area contributed by atoms with Gasteiger partial charge >= 0.3 is 0 Å². The summed E-state index contributed by atoms with van der Waals surface area (Å²) in [5.74, 6) is 0.936. The molecule has 0 bridgehead atoms. The number of piperidine rings is 1. The van der Waals surface area contributed by atoms with Crippen molar-refractivity contribution in [2.45, 2.75) is 38.6 Å². The summed E-state index contributed by atoms with van der Waals surface area (Å²) in [6.45, 7) is 3.67. The van der Waals surface area contributed by atoms with Crippen molar-refractivity contribution in [1.82, 2.24) is 4.98 Å². The molecule has 24 heavy (non-hydrogen) atoms. The number of aromatic amines is 1. The van der Waals surface area contributed by atoms with E-state index in [2.05, 4.69) is 4.98 Å². The normalized spacial score (nSPS) is 21.1. The molecular weight excluding hydrogens is 304 g/mol. The smallest absolute Gasteiger partial charge is 0.219 e. The van der Waals surface area contributed by atoms with Crippen LogP contribution in [0.5, 0.6) is 5.75 Å². The first kappa shape index (κ1) is 17.0. The van der Waals surface area contributed by atoms with E-state index in [-0.39, 0.29) is 12.4 Å². The number of Topliss-reactive ketones (excluding diaryl/α,β-unsaturated/α-hetero) is 1. The zero-order valence-corrected chi connectivity index (χ0v) is 14.5. The molecule has 0 aliphatic carbocycles. The molecule has 1 aromatic carbocycles. The maximum absolute atomic E-state index is 13.0. The van der Waals surface area contributed by atoms with E-state index in [1.54, 1.807) is 7.11 Å². The molecule has 0 amide bonds. The molecule has 1 aliphatic rings. The first-order chi connectivity index (χ1) is 11.6. The minimum absolute atomic E-state index is 0.173. The molecule has 5 heteroatoms. The van der Waals surface area contributed by atoms with E-state index >= 15 is 0 Å². The maximum Gasteiger partial charge on any atom is 0.219 e. The van der Waals surface area contributed by atoms with Crippen LogP contribution in [0, 0.1) is 6.92 Å². The minimum Gasteiger partial charge on any atom is -0.497 e. The van der Waals surface area contributed by atoms with Crippen molar-refractivity contribution in [3.63, 3.8) is 0 Å². The average Bonchev–Trinajstić information content (AvgIpc) is 2.91. The Balaban J connectivity index is 1.86. The highest BCUT2D eigenvalue weighted by Gasteiger charge is 2.29. The van der Waals surface area contributed by atoms with Gasteiger partial charge in [-0.1, -0.05) is 0 Å². The Hall–Kier alpha value is -1.85. The van der Waals surface area contributed by atoms with E-state index in [9.17, 15) is 9.90 Å². The fourth-order valence-electron chi connectivity index (χ4n) is 3.97. The van der Waals surface area contributed by atoms with Crippen LogP contribution in [0.2, 0.25) is 0 Å². The molecule has 130 valence electrons. The molecule has 3 N–H and O–H groups in total. The SMILES string of the molecule is COc1ccc2[nH]c(C)c(C(=O)C[NH+]3CCCC[C@H]3CCO)c2c1. The van der Waals surface area contributed by atoms with Crippen molar-refractivity contribution in [2.75, 3.05) is 26.8 Å². The predicted octanol–water partition coefficient (Wildman–Crippen LogP) is 1.49. The second-order valence-corrected chi connectivity index (χ2v) is 6.75. The number of rotatable bonds is 6. The Morgan fingerprint density at radius 2 is 2.25 bits per heavy atom. The molecule has 1 saturated heterocycles. The monoisotopic (exact) mass is 331 g/mol. The zero-order valence-electron chi connectivity index (χ0n) is 14.5. The highest BCUT2D eigenvalue weighted by Crippen LogP contribution is 2.26. The quantitative estimate of drug-likeness (QED) is 0.703. The Kier molecular flexibility index (Phi) is 5.21. The van der Waals surface area contributed by atoms with Gasteiger partial charge in [-0.2, -0.15) is 0 Å². The van der Waals surface area contributed by atoms with Crippen molar-refractivity contribution in [3.05, 3.63) is 29.5 Å². The molecule has 2 heterocycles. The second kappa shape index (κ2) is 7.36. The number of ketones is 1. The molecule has 1 aromatic heterocycles. The summed E-state index contributed by atoms with van der Waals surface area (Å²) in [5.41, 5.74) is 2.67. The average molecular weight is 331 g/mol. The summed E-state index contributed by atoms with van der Waals surface area (Å²) in [6.07, 6.45) is 4.24. The van der Waals surface area contributed by atoms with Crippen LogP contribution in [-0.4, -0.2) is 48.7 Å². The van der Waals surface area contributed by atoms with Crippen molar-refractivity contribution in [2.24, 2.45) is 0 Å². The van der Waals surface area contributed by atoms with E-state index in [0.717, 1.165) is 53.7 Å². The third kappa shape index (κ3) is 3.32. The highest BCUT2D eigenvalue weighted by atomic mass is 16.5.